The van der Waals surface area contributed by atoms with Gasteiger partial charge in [-0.15, -0.1) is 0 Å². The molecule has 3 N–H and O–H groups in total. The van der Waals surface area contributed by atoms with Gasteiger partial charge in [0.25, 0.3) is 0 Å². The van der Waals surface area contributed by atoms with Crippen LogP contribution in [0.1, 0.15) is 52.4 Å². The molecule has 2 aromatic carbocycles. The molecule has 0 spiro atoms. The number of carbonyl (C=O) groups is 1. The van der Waals surface area contributed by atoms with Crippen molar-refractivity contribution >= 4 is 27.8 Å². The second-order valence-electron chi connectivity index (χ2n) is 8.29. The lowest BCUT2D eigenvalue weighted by molar-refractivity contribution is 0.0699. The summed E-state index contributed by atoms with van der Waals surface area (Å²) in [6, 6.07) is 8.06. The number of carboxylic acid groups (broad SMARTS) is 1. The van der Waals surface area contributed by atoms with Crippen molar-refractivity contribution in [3.63, 3.8) is 0 Å². The van der Waals surface area contributed by atoms with Crippen LogP contribution in [0.5, 0.6) is 5.75 Å². The number of carboxylic acids is 1. The lowest BCUT2D eigenvalue weighted by Crippen LogP contribution is -2.33. The Kier molecular flexibility index (Phi) is 4.90. The van der Waals surface area contributed by atoms with Gasteiger partial charge in [-0.25, -0.2) is 4.79 Å². The van der Waals surface area contributed by atoms with Crippen molar-refractivity contribution in [2.24, 2.45) is 0 Å². The number of piperidine rings is 1. The lowest BCUT2D eigenvalue weighted by Gasteiger charge is -2.36. The molecule has 1 aliphatic rings. The summed E-state index contributed by atoms with van der Waals surface area (Å²) in [5, 5.41) is 18.6. The average Bonchev–Trinajstić information content (AvgIpc) is 3.45. The van der Waals surface area contributed by atoms with E-state index in [0.29, 0.717) is 5.39 Å². The molecule has 4 aromatic rings. The number of aromatic amines is 2. The topological polar surface area (TPSA) is 94.2 Å². The molecule has 1 unspecified atom stereocenters. The molecule has 5 rings (SSSR count). The molecule has 0 saturated carbocycles. The van der Waals surface area contributed by atoms with Crippen LogP contribution >= 0.6 is 0 Å². The number of ether oxygens (including phenoxy) is 1. The Hall–Kier alpha value is -3.32. The molecule has 0 aliphatic carbocycles. The number of likely N-dealkylation sites (tertiary alicyclic amines) is 1. The van der Waals surface area contributed by atoms with Crippen molar-refractivity contribution in [3.8, 4) is 5.75 Å². The molecule has 3 heterocycles. The van der Waals surface area contributed by atoms with Crippen molar-refractivity contribution in [2.75, 3.05) is 13.7 Å². The Morgan fingerprint density at radius 1 is 1.26 bits per heavy atom. The quantitative estimate of drug-likeness (QED) is 0.433. The number of rotatable bonds is 5. The Morgan fingerprint density at radius 2 is 2.13 bits per heavy atom. The molecule has 1 aliphatic heterocycles. The van der Waals surface area contributed by atoms with Gasteiger partial charge in [0.2, 0.25) is 0 Å². The summed E-state index contributed by atoms with van der Waals surface area (Å²) in [5.74, 6) is -0.0282. The third-order valence-electron chi connectivity index (χ3n) is 6.54. The van der Waals surface area contributed by atoms with E-state index in [0.717, 1.165) is 54.7 Å². The largest absolute Gasteiger partial charge is 0.496 e. The van der Waals surface area contributed by atoms with E-state index in [-0.39, 0.29) is 11.6 Å². The van der Waals surface area contributed by atoms with E-state index in [9.17, 15) is 9.90 Å². The number of aromatic nitrogens is 3. The summed E-state index contributed by atoms with van der Waals surface area (Å²) in [5.41, 5.74) is 5.70. The first-order valence-electron chi connectivity index (χ1n) is 10.7. The molecule has 0 bridgehead atoms. The third kappa shape index (κ3) is 3.25. The highest BCUT2D eigenvalue weighted by molar-refractivity contribution is 6.03. The SMILES string of the molecule is COc1cc(C)c2[nH]ccc2c1CN1CCCCC1c1ccc(C(=O)O)c2cn[nH]c12. The summed E-state index contributed by atoms with van der Waals surface area (Å²) in [4.78, 5) is 17.5. The number of hydrogen-bond acceptors (Lipinski definition) is 4. The standard InChI is InChI=1S/C24H26N4O3/c1-14-11-21(31-2)19(15-8-9-25-22(14)15)13-28-10-4-3-5-20(28)17-7-6-16(24(29)30)18-12-26-27-23(17)18/h6-9,11-12,20,25H,3-5,10,13H2,1-2H3,(H,26,27)(H,29,30). The zero-order valence-electron chi connectivity index (χ0n) is 17.7. The summed E-state index contributed by atoms with van der Waals surface area (Å²) >= 11 is 0. The van der Waals surface area contributed by atoms with Gasteiger partial charge in [0.15, 0.2) is 0 Å². The molecule has 1 saturated heterocycles. The highest BCUT2D eigenvalue weighted by Crippen LogP contribution is 2.39. The number of aryl methyl sites for hydroxylation is 1. The van der Waals surface area contributed by atoms with E-state index < -0.39 is 5.97 Å². The molecule has 160 valence electrons. The fourth-order valence-electron chi connectivity index (χ4n) is 5.04. The zero-order chi connectivity index (χ0) is 21.5. The van der Waals surface area contributed by atoms with Crippen molar-refractivity contribution in [1.29, 1.82) is 0 Å². The van der Waals surface area contributed by atoms with E-state index in [1.165, 1.54) is 16.5 Å². The van der Waals surface area contributed by atoms with Gasteiger partial charge in [0.1, 0.15) is 5.75 Å². The Morgan fingerprint density at radius 3 is 2.94 bits per heavy atom. The van der Waals surface area contributed by atoms with E-state index in [2.05, 4.69) is 39.1 Å². The van der Waals surface area contributed by atoms with Crippen molar-refractivity contribution in [3.05, 3.63) is 58.9 Å². The fraction of sp³-hybridized carbons (Fsp3) is 0.333. The van der Waals surface area contributed by atoms with Crippen LogP contribution < -0.4 is 4.74 Å². The normalized spacial score (nSPS) is 17.4. The van der Waals surface area contributed by atoms with E-state index >= 15 is 0 Å². The van der Waals surface area contributed by atoms with Crippen LogP contribution in [0.4, 0.5) is 0 Å². The lowest BCUT2D eigenvalue weighted by atomic mass is 9.91. The predicted octanol–water partition coefficient (Wildman–Crippen LogP) is 4.79. The summed E-state index contributed by atoms with van der Waals surface area (Å²) in [6.45, 7) is 3.83. The molecule has 0 amide bonds. The molecule has 2 aromatic heterocycles. The van der Waals surface area contributed by atoms with Crippen molar-refractivity contribution < 1.29 is 14.6 Å². The number of hydrogen-bond donors (Lipinski definition) is 3. The highest BCUT2D eigenvalue weighted by atomic mass is 16.5. The molecule has 31 heavy (non-hydrogen) atoms. The van der Waals surface area contributed by atoms with Gasteiger partial charge in [0.05, 0.1) is 24.4 Å². The maximum Gasteiger partial charge on any atom is 0.336 e. The Labute approximate surface area is 180 Å². The summed E-state index contributed by atoms with van der Waals surface area (Å²) in [6.07, 6.45) is 6.89. The predicted molar refractivity (Wildman–Crippen MR) is 120 cm³/mol. The van der Waals surface area contributed by atoms with E-state index in [4.69, 9.17) is 4.74 Å². The number of fused-ring (bicyclic) bond motifs is 2. The zero-order valence-corrected chi connectivity index (χ0v) is 17.7. The summed E-state index contributed by atoms with van der Waals surface area (Å²) in [7, 11) is 1.73. The van der Waals surface area contributed by atoms with Crippen LogP contribution in [0.15, 0.2) is 36.7 Å². The maximum absolute atomic E-state index is 11.6. The number of benzene rings is 2. The van der Waals surface area contributed by atoms with Gasteiger partial charge in [-0.1, -0.05) is 12.5 Å². The van der Waals surface area contributed by atoms with Crippen LogP contribution in [0, 0.1) is 6.92 Å². The average molecular weight is 418 g/mol. The number of methoxy groups -OCH3 is 1. The first-order valence-corrected chi connectivity index (χ1v) is 10.7. The molecule has 1 fully saturated rings. The minimum atomic E-state index is -0.933. The smallest absolute Gasteiger partial charge is 0.336 e. The molecule has 7 heteroatoms. The Bertz CT molecular complexity index is 1270. The maximum atomic E-state index is 11.6. The minimum absolute atomic E-state index is 0.180. The minimum Gasteiger partial charge on any atom is -0.496 e. The van der Waals surface area contributed by atoms with Gasteiger partial charge >= 0.3 is 5.97 Å². The van der Waals surface area contributed by atoms with Crippen molar-refractivity contribution in [1.82, 2.24) is 20.1 Å². The van der Waals surface area contributed by atoms with Gasteiger partial charge in [-0.2, -0.15) is 5.10 Å². The molecular formula is C24H26N4O3. The van der Waals surface area contributed by atoms with Gasteiger partial charge < -0.3 is 14.8 Å². The van der Waals surface area contributed by atoms with Crippen LogP contribution in [0.3, 0.4) is 0 Å². The molecular weight excluding hydrogens is 392 g/mol. The number of nitrogens with zero attached hydrogens (tertiary/aromatic N) is 2. The van der Waals surface area contributed by atoms with Crippen LogP contribution in [-0.4, -0.2) is 44.8 Å². The first kappa shape index (κ1) is 19.6. The number of aromatic carboxylic acids is 1. The van der Waals surface area contributed by atoms with Crippen molar-refractivity contribution in [2.45, 2.75) is 38.8 Å². The molecule has 0 radical (unpaired) electrons. The monoisotopic (exact) mass is 418 g/mol. The molecule has 1 atom stereocenters. The Balaban J connectivity index is 1.58. The first-order chi connectivity index (χ1) is 15.1. The van der Waals surface area contributed by atoms with Crippen LogP contribution in [0.25, 0.3) is 21.8 Å². The van der Waals surface area contributed by atoms with E-state index in [1.807, 2.05) is 12.3 Å². The number of nitrogens with one attached hydrogen (secondary N) is 2. The molecule has 7 nitrogen and oxygen atoms in total. The summed E-state index contributed by atoms with van der Waals surface area (Å²) < 4.78 is 5.76. The van der Waals surface area contributed by atoms with E-state index in [1.54, 1.807) is 19.4 Å². The second kappa shape index (κ2) is 7.74. The number of H-pyrrole nitrogens is 2. The van der Waals surface area contributed by atoms with Gasteiger partial charge in [0, 0.05) is 40.6 Å². The van der Waals surface area contributed by atoms with Crippen LogP contribution in [0.2, 0.25) is 0 Å². The third-order valence-corrected chi connectivity index (χ3v) is 6.54. The van der Waals surface area contributed by atoms with Crippen LogP contribution in [-0.2, 0) is 6.54 Å². The fourth-order valence-corrected chi connectivity index (χ4v) is 5.04. The second-order valence-corrected chi connectivity index (χ2v) is 8.29. The highest BCUT2D eigenvalue weighted by Gasteiger charge is 2.28. The van der Waals surface area contributed by atoms with Gasteiger partial charge in [-0.3, -0.25) is 10.00 Å². The van der Waals surface area contributed by atoms with Gasteiger partial charge in [-0.05, 0) is 55.6 Å².